The van der Waals surface area contributed by atoms with E-state index in [9.17, 15) is 8.42 Å². The molecule has 3 aliphatic rings. The van der Waals surface area contributed by atoms with Crippen molar-refractivity contribution in [3.05, 3.63) is 30.3 Å². The lowest BCUT2D eigenvalue weighted by atomic mass is 9.75. The topological polar surface area (TPSA) is 96.2 Å². The van der Waals surface area contributed by atoms with Gasteiger partial charge in [0.15, 0.2) is 6.29 Å². The van der Waals surface area contributed by atoms with Crippen molar-refractivity contribution in [3.8, 4) is 5.69 Å². The highest BCUT2D eigenvalue weighted by Gasteiger charge is 2.43. The number of hydrogen-bond acceptors (Lipinski definition) is 7. The molecule has 1 saturated heterocycles. The molecule has 1 unspecified atom stereocenters. The Balaban J connectivity index is 1.12. The minimum atomic E-state index is -4.35. The van der Waals surface area contributed by atoms with E-state index >= 15 is 4.39 Å². The third-order valence-corrected chi connectivity index (χ3v) is 10.5. The number of hydrogen-bond donors (Lipinski definition) is 0. The molecule has 37 heavy (non-hydrogen) atoms. The van der Waals surface area contributed by atoms with Crippen molar-refractivity contribution in [1.29, 1.82) is 0 Å². The fourth-order valence-corrected chi connectivity index (χ4v) is 8.07. The molecule has 3 fully saturated rings. The number of sulfone groups is 1. The summed E-state index contributed by atoms with van der Waals surface area (Å²) in [6.45, 7) is 3.73. The molecule has 0 amide bonds. The third kappa shape index (κ3) is 5.91. The summed E-state index contributed by atoms with van der Waals surface area (Å²) >= 11 is 0. The largest absolute Gasteiger partial charge is 0.352 e. The first-order valence-electron chi connectivity index (χ1n) is 13.9. The second kappa shape index (κ2) is 11.9. The van der Waals surface area contributed by atoms with Gasteiger partial charge in [-0.15, -0.1) is 0 Å². The number of tetrazole rings is 1. The first-order chi connectivity index (χ1) is 18.0. The van der Waals surface area contributed by atoms with Gasteiger partial charge in [-0.25, -0.2) is 12.8 Å². The van der Waals surface area contributed by atoms with Crippen LogP contribution in [0.25, 0.3) is 5.69 Å². The smallest absolute Gasteiger partial charge is 0.275 e. The molecule has 2 saturated carbocycles. The van der Waals surface area contributed by atoms with Gasteiger partial charge in [0.05, 0.1) is 18.9 Å². The molecule has 0 bridgehead atoms. The highest BCUT2D eigenvalue weighted by atomic mass is 32.2. The lowest BCUT2D eigenvalue weighted by Crippen LogP contribution is -2.42. The maximum Gasteiger partial charge on any atom is 0.275 e. The van der Waals surface area contributed by atoms with Crippen molar-refractivity contribution in [2.45, 2.75) is 88.1 Å². The number of rotatable bonds is 8. The Morgan fingerprint density at radius 1 is 0.946 bits per heavy atom. The van der Waals surface area contributed by atoms with Crippen molar-refractivity contribution in [1.82, 2.24) is 20.2 Å². The Labute approximate surface area is 219 Å². The third-order valence-electron chi connectivity index (χ3n) is 8.77. The van der Waals surface area contributed by atoms with Gasteiger partial charge < -0.3 is 9.47 Å². The summed E-state index contributed by atoms with van der Waals surface area (Å²) in [6.07, 6.45) is 9.85. The number of para-hydroxylation sites is 1. The standard InChI is InChI=1S/C27H39FN4O4S/c1-2-6-19-9-11-20(12-10-19)23-17-35-26(36-18-23)22-15-13-21(14-16-22)25(28)37(33,34)27-29-30-31-32(27)24-7-4-3-5-8-24/h3-5,7-8,19-23,25-26H,2,6,9-18H2,1H3. The molecule has 2 aromatic rings. The van der Waals surface area contributed by atoms with Gasteiger partial charge >= 0.3 is 0 Å². The van der Waals surface area contributed by atoms with E-state index in [0.717, 1.165) is 23.8 Å². The molecule has 8 nitrogen and oxygen atoms in total. The Kier molecular flexibility index (Phi) is 8.56. The van der Waals surface area contributed by atoms with Crippen LogP contribution >= 0.6 is 0 Å². The molecule has 1 atom stereocenters. The molecular weight excluding hydrogens is 495 g/mol. The highest BCUT2D eigenvalue weighted by molar-refractivity contribution is 7.91. The van der Waals surface area contributed by atoms with Gasteiger partial charge in [-0.2, -0.15) is 4.68 Å². The molecule has 0 N–H and O–H groups in total. The fraction of sp³-hybridized carbons (Fsp3) is 0.741. The van der Waals surface area contributed by atoms with E-state index < -0.39 is 26.4 Å². The van der Waals surface area contributed by atoms with Crippen molar-refractivity contribution in [2.24, 2.45) is 29.6 Å². The van der Waals surface area contributed by atoms with Crippen molar-refractivity contribution >= 4 is 9.84 Å². The molecule has 204 valence electrons. The Morgan fingerprint density at radius 2 is 1.59 bits per heavy atom. The first-order valence-corrected chi connectivity index (χ1v) is 15.5. The van der Waals surface area contributed by atoms with Gasteiger partial charge in [-0.05, 0) is 72.9 Å². The summed E-state index contributed by atoms with van der Waals surface area (Å²) in [5, 5.41) is 10.5. The van der Waals surface area contributed by atoms with E-state index in [4.69, 9.17) is 9.47 Å². The fourth-order valence-electron chi connectivity index (χ4n) is 6.55. The zero-order valence-corrected chi connectivity index (χ0v) is 22.4. The van der Waals surface area contributed by atoms with E-state index in [0.29, 0.717) is 43.2 Å². The second-order valence-electron chi connectivity index (χ2n) is 11.1. The number of benzene rings is 1. The molecule has 1 aromatic heterocycles. The summed E-state index contributed by atoms with van der Waals surface area (Å²) in [5.74, 6) is 1.61. The average Bonchev–Trinajstić information content (AvgIpc) is 3.45. The summed E-state index contributed by atoms with van der Waals surface area (Å²) in [4.78, 5) is 0. The summed E-state index contributed by atoms with van der Waals surface area (Å²) in [7, 11) is -4.35. The van der Waals surface area contributed by atoms with Crippen LogP contribution in [0.3, 0.4) is 0 Å². The van der Waals surface area contributed by atoms with Gasteiger partial charge in [-0.3, -0.25) is 0 Å². The number of aromatic nitrogens is 4. The molecule has 0 radical (unpaired) electrons. The average molecular weight is 535 g/mol. The van der Waals surface area contributed by atoms with Gasteiger partial charge in [0.25, 0.3) is 5.16 Å². The maximum absolute atomic E-state index is 15.5. The molecule has 1 aliphatic heterocycles. The van der Waals surface area contributed by atoms with Gasteiger partial charge in [0.1, 0.15) is 0 Å². The Hall–Kier alpha value is -1.91. The van der Waals surface area contributed by atoms with Crippen LogP contribution in [0.5, 0.6) is 0 Å². The van der Waals surface area contributed by atoms with Crippen molar-refractivity contribution in [2.75, 3.05) is 13.2 Å². The van der Waals surface area contributed by atoms with Crippen LogP contribution in [-0.4, -0.2) is 53.6 Å². The normalized spacial score (nSPS) is 32.2. The number of halogens is 1. The van der Waals surface area contributed by atoms with Crippen LogP contribution in [-0.2, 0) is 19.3 Å². The maximum atomic E-state index is 15.5. The van der Waals surface area contributed by atoms with Crippen molar-refractivity contribution in [3.63, 3.8) is 0 Å². The van der Waals surface area contributed by atoms with Gasteiger partial charge in [0, 0.05) is 17.8 Å². The lowest BCUT2D eigenvalue weighted by molar-refractivity contribution is -0.237. The zero-order valence-electron chi connectivity index (χ0n) is 21.6. The second-order valence-corrected chi connectivity index (χ2v) is 13.0. The highest BCUT2D eigenvalue weighted by Crippen LogP contribution is 2.41. The van der Waals surface area contributed by atoms with Crippen molar-refractivity contribution < 1.29 is 22.3 Å². The van der Waals surface area contributed by atoms with Crippen LogP contribution in [0.4, 0.5) is 4.39 Å². The number of alkyl halides is 1. The van der Waals surface area contributed by atoms with Gasteiger partial charge in [0.2, 0.25) is 15.3 Å². The van der Waals surface area contributed by atoms with Crippen LogP contribution in [0.15, 0.2) is 35.5 Å². The number of nitrogens with zero attached hydrogens (tertiary/aromatic N) is 4. The minimum absolute atomic E-state index is 0.169. The summed E-state index contributed by atoms with van der Waals surface area (Å²) < 4.78 is 55.2. The molecule has 1 aromatic carbocycles. The van der Waals surface area contributed by atoms with Crippen LogP contribution in [0.2, 0.25) is 0 Å². The Morgan fingerprint density at radius 3 is 2.24 bits per heavy atom. The molecule has 0 spiro atoms. The monoisotopic (exact) mass is 534 g/mol. The Bertz CT molecular complexity index is 1090. The van der Waals surface area contributed by atoms with E-state index in [1.165, 1.54) is 38.5 Å². The number of ether oxygens (including phenoxy) is 2. The van der Waals surface area contributed by atoms with E-state index in [1.807, 2.05) is 0 Å². The predicted octanol–water partition coefficient (Wildman–Crippen LogP) is 5.13. The zero-order chi connectivity index (χ0) is 25.8. The SMILES string of the molecule is CCCC1CCC(C2COC(C3CCC(C(F)S(=O)(=O)c4nnnn4-c4ccccc4)CC3)OC2)CC1. The van der Waals surface area contributed by atoms with E-state index in [-0.39, 0.29) is 12.2 Å². The van der Waals surface area contributed by atoms with Crippen LogP contribution in [0.1, 0.15) is 71.1 Å². The quantitative estimate of drug-likeness (QED) is 0.463. The molecular formula is C27H39FN4O4S. The summed E-state index contributed by atoms with van der Waals surface area (Å²) in [6, 6.07) is 8.66. The first kappa shape index (κ1) is 26.7. The van der Waals surface area contributed by atoms with E-state index in [1.54, 1.807) is 30.3 Å². The lowest BCUT2D eigenvalue weighted by Gasteiger charge is -2.41. The minimum Gasteiger partial charge on any atom is -0.352 e. The van der Waals surface area contributed by atoms with Crippen LogP contribution in [0, 0.1) is 29.6 Å². The predicted molar refractivity (Wildman–Crippen MR) is 136 cm³/mol. The summed E-state index contributed by atoms with van der Waals surface area (Å²) in [5.41, 5.74) is -1.58. The molecule has 10 heteroatoms. The molecule has 2 aliphatic carbocycles. The molecule has 2 heterocycles. The van der Waals surface area contributed by atoms with Crippen LogP contribution < -0.4 is 0 Å². The van der Waals surface area contributed by atoms with Gasteiger partial charge in [-0.1, -0.05) is 55.9 Å². The molecule has 5 rings (SSSR count). The van der Waals surface area contributed by atoms with E-state index in [2.05, 4.69) is 22.4 Å².